The van der Waals surface area contributed by atoms with Crippen molar-refractivity contribution < 1.29 is 25.4 Å². The first-order valence-corrected chi connectivity index (χ1v) is 10.7. The summed E-state index contributed by atoms with van der Waals surface area (Å²) in [5.74, 6) is 0.157. The van der Waals surface area contributed by atoms with Crippen molar-refractivity contribution in [1.82, 2.24) is 4.98 Å². The fourth-order valence-corrected chi connectivity index (χ4v) is 5.85. The van der Waals surface area contributed by atoms with Crippen LogP contribution in [0, 0.1) is 11.3 Å². The Morgan fingerprint density at radius 3 is 2.72 bits per heavy atom. The van der Waals surface area contributed by atoms with E-state index < -0.39 is 29.3 Å². The normalized spacial score (nSPS) is 34.1. The third kappa shape index (κ3) is 3.10. The van der Waals surface area contributed by atoms with Crippen LogP contribution in [-0.4, -0.2) is 30.8 Å². The van der Waals surface area contributed by atoms with Crippen LogP contribution in [0.4, 0.5) is 13.2 Å². The zero-order valence-electron chi connectivity index (χ0n) is 19.9. The second-order valence-corrected chi connectivity index (χ2v) is 9.15. The van der Waals surface area contributed by atoms with Gasteiger partial charge in [0.2, 0.25) is 0 Å². The second kappa shape index (κ2) is 7.20. The predicted octanol–water partition coefficient (Wildman–Crippen LogP) is 4.69. The van der Waals surface area contributed by atoms with E-state index in [1.807, 2.05) is 6.07 Å². The Morgan fingerprint density at radius 1 is 1.25 bits per heavy atom. The van der Waals surface area contributed by atoms with Gasteiger partial charge >= 0.3 is 6.18 Å². The lowest BCUT2D eigenvalue weighted by atomic mass is 9.59. The first-order valence-electron chi connectivity index (χ1n) is 11.7. The molecule has 5 nitrogen and oxygen atoms in total. The molecule has 0 saturated heterocycles. The van der Waals surface area contributed by atoms with E-state index in [4.69, 9.17) is 17.9 Å². The highest BCUT2D eigenvalue weighted by molar-refractivity contribution is 5.76. The van der Waals surface area contributed by atoms with Crippen LogP contribution in [0.3, 0.4) is 0 Å². The number of aromatic nitrogens is 1. The number of fused-ring (bicyclic) bond motifs is 3. The summed E-state index contributed by atoms with van der Waals surface area (Å²) in [6.45, 7) is -0.128. The predicted molar refractivity (Wildman–Crippen MR) is 114 cm³/mol. The van der Waals surface area contributed by atoms with E-state index in [0.29, 0.717) is 36.0 Å². The molecule has 5 rings (SSSR count). The van der Waals surface area contributed by atoms with Gasteiger partial charge in [-0.15, -0.1) is 0 Å². The zero-order valence-corrected chi connectivity index (χ0v) is 17.9. The largest absolute Gasteiger partial charge is 0.462 e. The maximum atomic E-state index is 13.3. The molecule has 2 N–H and O–H groups in total. The van der Waals surface area contributed by atoms with Gasteiger partial charge < -0.3 is 15.2 Å². The Labute approximate surface area is 187 Å². The minimum atomic E-state index is -4.52. The lowest BCUT2D eigenvalue weighted by Crippen LogP contribution is -2.48. The fraction of sp³-hybridized carbons (Fsp3) is 0.500. The number of amidine groups is 1. The molecule has 1 aliphatic heterocycles. The van der Waals surface area contributed by atoms with Gasteiger partial charge in [-0.25, -0.2) is 4.99 Å². The lowest BCUT2D eigenvalue weighted by molar-refractivity contribution is -0.137. The molecule has 0 unspecified atom stereocenters. The lowest BCUT2D eigenvalue weighted by Gasteiger charge is -2.47. The summed E-state index contributed by atoms with van der Waals surface area (Å²) < 4.78 is 68.6. The number of nitrogens with zero attached hydrogens (tertiary/aromatic N) is 2. The molecule has 1 fully saturated rings. The number of ether oxygens (including phenoxy) is 2. The molecule has 32 heavy (non-hydrogen) atoms. The van der Waals surface area contributed by atoms with E-state index in [2.05, 4.69) is 16.9 Å². The first-order chi connectivity index (χ1) is 15.9. The van der Waals surface area contributed by atoms with Crippen molar-refractivity contribution in [1.29, 1.82) is 0 Å². The summed E-state index contributed by atoms with van der Waals surface area (Å²) in [5, 5.41) is 0. The summed E-state index contributed by atoms with van der Waals surface area (Å²) in [6.07, 6.45) is 0.330. The van der Waals surface area contributed by atoms with Crippen molar-refractivity contribution in [3.05, 3.63) is 53.3 Å². The van der Waals surface area contributed by atoms with Crippen LogP contribution < -0.4 is 5.73 Å². The number of nitrogens with two attached hydrogens (primary N) is 1. The van der Waals surface area contributed by atoms with E-state index in [0.717, 1.165) is 24.2 Å². The maximum Gasteiger partial charge on any atom is 0.417 e. The highest BCUT2D eigenvalue weighted by Crippen LogP contribution is 2.62. The van der Waals surface area contributed by atoms with Crippen LogP contribution in [0.15, 0.2) is 41.7 Å². The zero-order chi connectivity index (χ0) is 24.5. The average molecular weight is 447 g/mol. The Morgan fingerprint density at radius 2 is 2.06 bits per heavy atom. The third-order valence-corrected chi connectivity index (χ3v) is 7.33. The quantitative estimate of drug-likeness (QED) is 0.726. The van der Waals surface area contributed by atoms with Gasteiger partial charge in [-0.2, -0.15) is 13.2 Å². The Kier molecular flexibility index (Phi) is 4.26. The van der Waals surface area contributed by atoms with Gasteiger partial charge in [-0.1, -0.05) is 19.1 Å². The smallest absolute Gasteiger partial charge is 0.417 e. The van der Waals surface area contributed by atoms with Gasteiger partial charge in [0.1, 0.15) is 12.1 Å². The highest BCUT2D eigenvalue weighted by Gasteiger charge is 2.62. The summed E-state index contributed by atoms with van der Waals surface area (Å²) in [4.78, 5) is 8.41. The minimum absolute atomic E-state index is 0.0626. The van der Waals surface area contributed by atoms with Gasteiger partial charge in [-0.05, 0) is 60.4 Å². The third-order valence-electron chi connectivity index (χ3n) is 7.33. The van der Waals surface area contributed by atoms with Gasteiger partial charge in [0.15, 0.2) is 0 Å². The topological polar surface area (TPSA) is 69.7 Å². The van der Waals surface area contributed by atoms with Crippen LogP contribution in [0.2, 0.25) is 0 Å². The Bertz CT molecular complexity index is 1170. The second-order valence-electron chi connectivity index (χ2n) is 9.15. The number of alkyl halides is 3. The van der Waals surface area contributed by atoms with Crippen LogP contribution in [-0.2, 0) is 27.6 Å². The molecule has 1 aromatic heterocycles. The van der Waals surface area contributed by atoms with Gasteiger partial charge in [0.05, 0.1) is 14.4 Å². The average Bonchev–Trinajstić information content (AvgIpc) is 3.17. The number of hydrogen-bond acceptors (Lipinski definition) is 5. The molecule has 2 aliphatic carbocycles. The number of pyridine rings is 1. The Hall–Kier alpha value is -2.61. The standard InChI is InChI=1S/C24H26F3N3O2/c1-14-9-22(6-5-20(14)31-2)10-16-4-3-15(8-19(16)23(22)13-32-21(28)30-23)17-7-18(12-29-11-17)24(25,26)27/h3-4,7-8,11-12,14,20H,5-6,9-10,13H2,1-2H3,(H2,28,30)/t14-,20-,22-,23-/m1/s1/i13D2. The molecule has 1 aromatic carbocycles. The van der Waals surface area contributed by atoms with Gasteiger partial charge in [0.25, 0.3) is 6.02 Å². The number of halogens is 3. The monoisotopic (exact) mass is 447 g/mol. The fourth-order valence-electron chi connectivity index (χ4n) is 5.85. The van der Waals surface area contributed by atoms with Gasteiger partial charge in [-0.3, -0.25) is 4.98 Å². The van der Waals surface area contributed by atoms with E-state index in [1.54, 1.807) is 19.2 Å². The number of rotatable bonds is 2. The molecule has 1 saturated carbocycles. The molecular formula is C24H26F3N3O2. The van der Waals surface area contributed by atoms with Crippen molar-refractivity contribution >= 4 is 6.02 Å². The van der Waals surface area contributed by atoms with Crippen LogP contribution in [0.5, 0.6) is 0 Å². The Balaban J connectivity index is 1.67. The molecule has 3 aliphatic rings. The molecular weight excluding hydrogens is 419 g/mol. The number of methoxy groups -OCH3 is 1. The molecule has 4 atom stereocenters. The molecule has 0 radical (unpaired) electrons. The molecule has 8 heteroatoms. The van der Waals surface area contributed by atoms with E-state index in [-0.39, 0.29) is 18.0 Å². The molecule has 2 aromatic rings. The van der Waals surface area contributed by atoms with Crippen molar-refractivity contribution in [3.63, 3.8) is 0 Å². The summed E-state index contributed by atoms with van der Waals surface area (Å²) in [6, 6.07) is 6.18. The number of hydrogen-bond donors (Lipinski definition) is 1. The van der Waals surface area contributed by atoms with E-state index in [1.165, 1.54) is 6.20 Å². The number of benzene rings is 1. The van der Waals surface area contributed by atoms with Crippen molar-refractivity contribution in [3.8, 4) is 11.1 Å². The van der Waals surface area contributed by atoms with Crippen LogP contribution in [0.1, 0.15) is 45.6 Å². The van der Waals surface area contributed by atoms with E-state index >= 15 is 0 Å². The molecule has 2 heterocycles. The van der Waals surface area contributed by atoms with Crippen molar-refractivity contribution in [2.75, 3.05) is 13.7 Å². The SMILES string of the molecule is [2H]C1([2H])OC(N)=N[C@@]12c1cc(-c3cncc(C(F)(F)F)c3)ccc1C[C@]21CC[C@@H](OC)[C@H](C)C1. The summed E-state index contributed by atoms with van der Waals surface area (Å²) in [7, 11) is 1.68. The van der Waals surface area contributed by atoms with E-state index in [9.17, 15) is 13.2 Å². The minimum Gasteiger partial charge on any atom is -0.462 e. The molecule has 2 spiro atoms. The highest BCUT2D eigenvalue weighted by atomic mass is 19.4. The summed E-state index contributed by atoms with van der Waals surface area (Å²) in [5.41, 5.74) is 5.40. The van der Waals surface area contributed by atoms with Crippen LogP contribution >= 0.6 is 0 Å². The molecule has 0 bridgehead atoms. The summed E-state index contributed by atoms with van der Waals surface area (Å²) >= 11 is 0. The van der Waals surface area contributed by atoms with Crippen molar-refractivity contribution in [2.24, 2.45) is 22.1 Å². The first kappa shape index (κ1) is 18.9. The van der Waals surface area contributed by atoms with Crippen molar-refractivity contribution in [2.45, 2.75) is 50.4 Å². The van der Waals surface area contributed by atoms with Gasteiger partial charge in [0, 0.05) is 30.5 Å². The maximum absolute atomic E-state index is 13.3. The molecule has 0 amide bonds. The molecule has 170 valence electrons. The van der Waals surface area contributed by atoms with Crippen LogP contribution in [0.25, 0.3) is 11.1 Å². The number of aliphatic imine (C=N–C) groups is 1.